The molecule has 1 aromatic carbocycles. The first-order valence-corrected chi connectivity index (χ1v) is 9.84. The molecule has 5 rings (SSSR count). The van der Waals surface area contributed by atoms with E-state index < -0.39 is 11.0 Å². The van der Waals surface area contributed by atoms with Crippen LogP contribution in [-0.2, 0) is 15.8 Å². The second-order valence-corrected chi connectivity index (χ2v) is 7.66. The van der Waals surface area contributed by atoms with Crippen molar-refractivity contribution in [3.05, 3.63) is 42.9 Å². The minimum atomic E-state index is -1.59. The molecule has 2 aliphatic heterocycles. The zero-order valence-corrected chi connectivity index (χ0v) is 15.1. The molecule has 27 heavy (non-hydrogen) atoms. The smallest absolute Gasteiger partial charge is 0.258 e. The fourth-order valence-electron chi connectivity index (χ4n) is 3.44. The number of benzene rings is 1. The maximum absolute atomic E-state index is 12.0. The number of amides is 1. The average Bonchev–Trinajstić information content (AvgIpc) is 3.41. The lowest BCUT2D eigenvalue weighted by molar-refractivity contribution is -0.114. The first kappa shape index (κ1) is 16.1. The second kappa shape index (κ2) is 6.27. The molecule has 0 spiro atoms. The number of hydrogen-bond donors (Lipinski definition) is 1. The summed E-state index contributed by atoms with van der Waals surface area (Å²) >= 11 is 0. The normalized spacial score (nSPS) is 19.6. The molecule has 2 aliphatic rings. The summed E-state index contributed by atoms with van der Waals surface area (Å²) in [6.07, 6.45) is 8.93. The van der Waals surface area contributed by atoms with Crippen LogP contribution in [0.4, 0.5) is 5.82 Å². The van der Waals surface area contributed by atoms with Gasteiger partial charge in [0.2, 0.25) is 0 Å². The Morgan fingerprint density at radius 3 is 2.74 bits per heavy atom. The van der Waals surface area contributed by atoms with Crippen LogP contribution < -0.4 is 9.62 Å². The zero-order valence-electron chi connectivity index (χ0n) is 14.3. The van der Waals surface area contributed by atoms with E-state index in [4.69, 9.17) is 4.98 Å². The van der Waals surface area contributed by atoms with Crippen LogP contribution in [0.2, 0.25) is 0 Å². The van der Waals surface area contributed by atoms with Gasteiger partial charge < -0.3 is 4.90 Å². The maximum Gasteiger partial charge on any atom is 0.258 e. The Kier molecular flexibility index (Phi) is 3.75. The summed E-state index contributed by atoms with van der Waals surface area (Å²) < 4.78 is 15.9. The highest BCUT2D eigenvalue weighted by Crippen LogP contribution is 2.27. The number of carbonyl (C=O) groups excluding carboxylic acids is 1. The predicted octanol–water partition coefficient (Wildman–Crippen LogP) is 1.69. The van der Waals surface area contributed by atoms with Crippen molar-refractivity contribution in [1.82, 2.24) is 24.5 Å². The molecule has 1 fully saturated rings. The molecule has 8 nitrogen and oxygen atoms in total. The van der Waals surface area contributed by atoms with Gasteiger partial charge in [0, 0.05) is 30.1 Å². The van der Waals surface area contributed by atoms with Gasteiger partial charge in [0.15, 0.2) is 16.0 Å². The summed E-state index contributed by atoms with van der Waals surface area (Å²) in [6, 6.07) is 5.80. The molecule has 2 aromatic heterocycles. The number of nitrogens with one attached hydrogen (secondary N) is 1. The Labute approximate surface area is 157 Å². The Morgan fingerprint density at radius 1 is 1.11 bits per heavy atom. The van der Waals surface area contributed by atoms with Gasteiger partial charge in [0.25, 0.3) is 5.91 Å². The average molecular weight is 380 g/mol. The van der Waals surface area contributed by atoms with Crippen LogP contribution in [0.1, 0.15) is 12.8 Å². The summed E-state index contributed by atoms with van der Waals surface area (Å²) in [6.45, 7) is 2.03. The summed E-state index contributed by atoms with van der Waals surface area (Å²) in [5.74, 6) is 0.523. The molecular formula is C18H16N6O2S. The quantitative estimate of drug-likeness (QED) is 0.743. The van der Waals surface area contributed by atoms with Gasteiger partial charge in [-0.25, -0.2) is 13.9 Å². The number of hydrogen-bond acceptors (Lipinski definition) is 6. The summed E-state index contributed by atoms with van der Waals surface area (Å²) in [5.41, 5.74) is 2.51. The molecule has 1 amide bonds. The maximum atomic E-state index is 12.0. The van der Waals surface area contributed by atoms with Crippen molar-refractivity contribution in [2.75, 3.05) is 18.0 Å². The molecule has 1 unspecified atom stereocenters. The number of carbonyl (C=O) groups is 1. The molecule has 3 aromatic rings. The third-order valence-electron chi connectivity index (χ3n) is 4.76. The van der Waals surface area contributed by atoms with E-state index in [2.05, 4.69) is 19.7 Å². The third kappa shape index (κ3) is 2.80. The van der Waals surface area contributed by atoms with Crippen molar-refractivity contribution in [3.8, 4) is 11.3 Å². The SMILES string of the molecule is O=C1C=C(n2ncc3cc(-c4cncc(N5CCCC5)n4)ccc32)S(=O)N1. The van der Waals surface area contributed by atoms with E-state index in [1.165, 1.54) is 23.6 Å². The minimum Gasteiger partial charge on any atom is -0.355 e. The van der Waals surface area contributed by atoms with Crippen LogP contribution >= 0.6 is 0 Å². The molecule has 136 valence electrons. The number of anilines is 1. The highest BCUT2D eigenvalue weighted by atomic mass is 32.2. The monoisotopic (exact) mass is 380 g/mol. The number of rotatable bonds is 3. The van der Waals surface area contributed by atoms with Gasteiger partial charge in [-0.3, -0.25) is 14.5 Å². The highest BCUT2D eigenvalue weighted by Gasteiger charge is 2.23. The molecule has 1 N–H and O–H groups in total. The largest absolute Gasteiger partial charge is 0.355 e. The van der Waals surface area contributed by atoms with E-state index in [-0.39, 0.29) is 5.91 Å². The van der Waals surface area contributed by atoms with Crippen molar-refractivity contribution < 1.29 is 9.00 Å². The molecule has 9 heteroatoms. The van der Waals surface area contributed by atoms with Gasteiger partial charge in [0.05, 0.1) is 29.8 Å². The number of fused-ring (bicyclic) bond motifs is 1. The molecule has 0 aliphatic carbocycles. The summed E-state index contributed by atoms with van der Waals surface area (Å²) in [4.78, 5) is 22.8. The Balaban J connectivity index is 1.53. The van der Waals surface area contributed by atoms with Gasteiger partial charge >= 0.3 is 0 Å². The third-order valence-corrected chi connectivity index (χ3v) is 5.82. The number of nitrogens with zero attached hydrogens (tertiary/aromatic N) is 5. The van der Waals surface area contributed by atoms with Crippen molar-refractivity contribution in [2.24, 2.45) is 0 Å². The van der Waals surface area contributed by atoms with Gasteiger partial charge in [0.1, 0.15) is 5.82 Å². The Morgan fingerprint density at radius 2 is 1.96 bits per heavy atom. The van der Waals surface area contributed by atoms with Gasteiger partial charge in [-0.05, 0) is 25.0 Å². The lowest BCUT2D eigenvalue weighted by atomic mass is 10.1. The van der Waals surface area contributed by atoms with Crippen LogP contribution in [-0.4, -0.2) is 43.0 Å². The fourth-order valence-corrected chi connectivity index (χ4v) is 4.30. The first-order valence-electron chi connectivity index (χ1n) is 8.69. The van der Waals surface area contributed by atoms with E-state index in [9.17, 15) is 9.00 Å². The standard InChI is InChI=1S/C18H16N6O2S/c25-17-8-18(27(26)22-17)24-15-4-3-12(7-13(15)9-20-24)14-10-19-11-16(21-14)23-5-1-2-6-23/h3-4,7-11H,1-2,5-6H2,(H,22,25). The topological polar surface area (TPSA) is 93.0 Å². The van der Waals surface area contributed by atoms with E-state index in [1.807, 2.05) is 18.2 Å². The van der Waals surface area contributed by atoms with E-state index in [0.29, 0.717) is 5.03 Å². The molecule has 4 heterocycles. The van der Waals surface area contributed by atoms with Crippen molar-refractivity contribution in [1.29, 1.82) is 0 Å². The van der Waals surface area contributed by atoms with Crippen LogP contribution in [0.25, 0.3) is 27.2 Å². The highest BCUT2D eigenvalue weighted by molar-refractivity contribution is 7.93. The second-order valence-electron chi connectivity index (χ2n) is 6.50. The minimum absolute atomic E-state index is 0.332. The lowest BCUT2D eigenvalue weighted by Gasteiger charge is -2.16. The fraction of sp³-hybridized carbons (Fsp3) is 0.222. The van der Waals surface area contributed by atoms with Crippen LogP contribution in [0.5, 0.6) is 0 Å². The van der Waals surface area contributed by atoms with Gasteiger partial charge in [-0.15, -0.1) is 0 Å². The molecule has 0 saturated carbocycles. The Bertz CT molecular complexity index is 1120. The molecule has 1 atom stereocenters. The van der Waals surface area contributed by atoms with E-state index in [1.54, 1.807) is 18.6 Å². The van der Waals surface area contributed by atoms with E-state index in [0.717, 1.165) is 41.1 Å². The Hall–Kier alpha value is -3.07. The van der Waals surface area contributed by atoms with Crippen molar-refractivity contribution in [2.45, 2.75) is 12.8 Å². The molecule has 0 radical (unpaired) electrons. The molecule has 1 saturated heterocycles. The van der Waals surface area contributed by atoms with Gasteiger partial charge in [-0.2, -0.15) is 5.10 Å². The summed E-state index contributed by atoms with van der Waals surface area (Å²) in [7, 11) is -1.59. The predicted molar refractivity (Wildman–Crippen MR) is 103 cm³/mol. The zero-order chi connectivity index (χ0) is 18.4. The van der Waals surface area contributed by atoms with Crippen molar-refractivity contribution >= 4 is 38.6 Å². The lowest BCUT2D eigenvalue weighted by Crippen LogP contribution is -2.19. The summed E-state index contributed by atoms with van der Waals surface area (Å²) in [5, 5.41) is 5.50. The van der Waals surface area contributed by atoms with E-state index >= 15 is 0 Å². The van der Waals surface area contributed by atoms with Crippen molar-refractivity contribution in [3.63, 3.8) is 0 Å². The molecular weight excluding hydrogens is 364 g/mol. The van der Waals surface area contributed by atoms with Crippen LogP contribution in [0, 0.1) is 0 Å². The number of aromatic nitrogens is 4. The first-order chi connectivity index (χ1) is 13.2. The van der Waals surface area contributed by atoms with Gasteiger partial charge in [-0.1, -0.05) is 6.07 Å². The van der Waals surface area contributed by atoms with Crippen LogP contribution in [0.15, 0.2) is 42.9 Å². The molecule has 0 bridgehead atoms. The van der Waals surface area contributed by atoms with Crippen LogP contribution in [0.3, 0.4) is 0 Å².